The van der Waals surface area contributed by atoms with Gasteiger partial charge in [0.25, 0.3) is 5.56 Å². The lowest BCUT2D eigenvalue weighted by atomic mass is 10.3. The van der Waals surface area contributed by atoms with Crippen LogP contribution >= 0.6 is 47.8 Å². The van der Waals surface area contributed by atoms with Crippen molar-refractivity contribution in [3.63, 3.8) is 0 Å². The van der Waals surface area contributed by atoms with Gasteiger partial charge in [-0.1, -0.05) is 15.9 Å². The van der Waals surface area contributed by atoms with Crippen molar-refractivity contribution >= 4 is 59.2 Å². The first-order chi connectivity index (χ1) is 10.2. The first-order valence-corrected chi connectivity index (χ1v) is 8.17. The summed E-state index contributed by atoms with van der Waals surface area (Å²) in [4.78, 5) is 23.7. The molecule has 0 aliphatic heterocycles. The molecule has 116 valence electrons. The zero-order valence-corrected chi connectivity index (χ0v) is 16.1. The molecule has 10 heteroatoms. The number of hydrogen-bond acceptors (Lipinski definition) is 5. The summed E-state index contributed by atoms with van der Waals surface area (Å²) in [5.41, 5.74) is -1.24. The van der Waals surface area contributed by atoms with Crippen LogP contribution in [-0.4, -0.2) is 14.2 Å². The van der Waals surface area contributed by atoms with E-state index in [4.69, 9.17) is 0 Å². The van der Waals surface area contributed by atoms with Crippen LogP contribution in [0, 0.1) is 0 Å². The van der Waals surface area contributed by atoms with Crippen molar-refractivity contribution in [1.29, 1.82) is 0 Å². The highest BCUT2D eigenvalue weighted by atomic mass is 79.9. The minimum atomic E-state index is -0.728. The fraction of sp³-hybridized carbons (Fsp3) is 0.167. The van der Waals surface area contributed by atoms with Crippen molar-refractivity contribution < 1.29 is 5.11 Å². The van der Waals surface area contributed by atoms with Gasteiger partial charge in [0.1, 0.15) is 5.69 Å². The third-order valence-electron chi connectivity index (χ3n) is 2.84. The molecule has 7 nitrogen and oxygen atoms in total. The van der Waals surface area contributed by atoms with E-state index in [0.29, 0.717) is 14.6 Å². The van der Waals surface area contributed by atoms with Gasteiger partial charge < -0.3 is 5.11 Å². The zero-order chi connectivity index (χ0) is 16.6. The van der Waals surface area contributed by atoms with Gasteiger partial charge in [0.05, 0.1) is 0 Å². The van der Waals surface area contributed by atoms with E-state index in [0.717, 1.165) is 13.6 Å². The highest BCUT2D eigenvalue weighted by Gasteiger charge is 2.15. The van der Waals surface area contributed by atoms with Crippen molar-refractivity contribution in [1.82, 2.24) is 9.13 Å². The summed E-state index contributed by atoms with van der Waals surface area (Å²) in [6.45, 7) is 0. The van der Waals surface area contributed by atoms with E-state index in [9.17, 15) is 14.7 Å². The van der Waals surface area contributed by atoms with Crippen LogP contribution in [0.4, 0.5) is 11.4 Å². The molecule has 0 fully saturated rings. The van der Waals surface area contributed by atoms with Gasteiger partial charge in [0.2, 0.25) is 11.6 Å². The molecule has 0 aliphatic rings. The number of aromatic hydroxyl groups is 1. The lowest BCUT2D eigenvalue weighted by Crippen LogP contribution is -2.36. The summed E-state index contributed by atoms with van der Waals surface area (Å²) in [7, 11) is 2.64. The highest BCUT2D eigenvalue weighted by Crippen LogP contribution is 2.37. The van der Waals surface area contributed by atoms with Gasteiger partial charge in [0, 0.05) is 27.5 Å². The number of aromatic nitrogens is 2. The van der Waals surface area contributed by atoms with Crippen LogP contribution in [0.2, 0.25) is 0 Å². The van der Waals surface area contributed by atoms with Crippen LogP contribution in [0.15, 0.2) is 45.4 Å². The first-order valence-electron chi connectivity index (χ1n) is 5.79. The predicted molar refractivity (Wildman–Crippen MR) is 92.3 cm³/mol. The molecule has 0 radical (unpaired) electrons. The largest absolute Gasteiger partial charge is 0.493 e. The van der Waals surface area contributed by atoms with Gasteiger partial charge >= 0.3 is 5.69 Å². The maximum Gasteiger partial charge on any atom is 0.333 e. The summed E-state index contributed by atoms with van der Waals surface area (Å²) < 4.78 is 3.87. The fourth-order valence-corrected chi connectivity index (χ4v) is 4.05. The molecule has 2 rings (SSSR count). The maximum atomic E-state index is 12.0. The monoisotopic (exact) mass is 494 g/mol. The van der Waals surface area contributed by atoms with E-state index in [1.807, 2.05) is 0 Å². The second-order valence-corrected chi connectivity index (χ2v) is 6.92. The van der Waals surface area contributed by atoms with E-state index in [-0.39, 0.29) is 5.69 Å². The average Bonchev–Trinajstić information content (AvgIpc) is 2.45. The van der Waals surface area contributed by atoms with E-state index < -0.39 is 17.1 Å². The topological polar surface area (TPSA) is 88.9 Å². The number of azo groups is 1. The minimum Gasteiger partial charge on any atom is -0.493 e. The molecule has 2 aromatic rings. The summed E-state index contributed by atoms with van der Waals surface area (Å²) in [5, 5.41) is 17.7. The van der Waals surface area contributed by atoms with Crippen LogP contribution < -0.4 is 11.2 Å². The molecule has 22 heavy (non-hydrogen) atoms. The SMILES string of the molecule is Cn1c(O)c(N=Nc2c(Br)cc(Br)cc2Br)c(=O)n(C)c1=O. The zero-order valence-electron chi connectivity index (χ0n) is 11.3. The normalized spacial score (nSPS) is 11.3. The Labute approximate surface area is 149 Å². The molecule has 1 aromatic heterocycles. The predicted octanol–water partition coefficient (Wildman–Crippen LogP) is 3.49. The molecular formula is C12H9Br3N4O3. The number of hydrogen-bond donors (Lipinski definition) is 1. The maximum absolute atomic E-state index is 12.0. The van der Waals surface area contributed by atoms with Crippen molar-refractivity contribution in [3.05, 3.63) is 46.4 Å². The van der Waals surface area contributed by atoms with E-state index in [1.165, 1.54) is 14.1 Å². The Kier molecular flexibility index (Phi) is 5.03. The molecule has 0 amide bonds. The molecular weight excluding hydrogens is 488 g/mol. The van der Waals surface area contributed by atoms with Crippen molar-refractivity contribution in [3.8, 4) is 5.88 Å². The molecule has 0 spiro atoms. The van der Waals surface area contributed by atoms with E-state index in [2.05, 4.69) is 58.0 Å². The van der Waals surface area contributed by atoms with Crippen molar-refractivity contribution in [2.24, 2.45) is 24.3 Å². The number of rotatable bonds is 2. The Morgan fingerprint density at radius 2 is 1.45 bits per heavy atom. The summed E-state index contributed by atoms with van der Waals surface area (Å²) in [6.07, 6.45) is 0. The quantitative estimate of drug-likeness (QED) is 0.645. The molecule has 0 saturated heterocycles. The molecule has 1 aromatic carbocycles. The van der Waals surface area contributed by atoms with E-state index in [1.54, 1.807) is 12.1 Å². The van der Waals surface area contributed by atoms with Gasteiger partial charge in [-0.3, -0.25) is 13.9 Å². The van der Waals surface area contributed by atoms with Gasteiger partial charge in [-0.25, -0.2) is 4.79 Å². The fourth-order valence-electron chi connectivity index (χ4n) is 1.63. The second-order valence-electron chi connectivity index (χ2n) is 4.30. The molecule has 1 heterocycles. The lowest BCUT2D eigenvalue weighted by molar-refractivity contribution is 0.413. The number of halogens is 3. The number of nitrogens with zero attached hydrogens (tertiary/aromatic N) is 4. The lowest BCUT2D eigenvalue weighted by Gasteiger charge is -2.06. The summed E-state index contributed by atoms with van der Waals surface area (Å²) >= 11 is 10.00. The average molecular weight is 497 g/mol. The third kappa shape index (κ3) is 3.08. The number of benzene rings is 1. The molecule has 0 bridgehead atoms. The third-order valence-corrected chi connectivity index (χ3v) is 4.51. The smallest absolute Gasteiger partial charge is 0.333 e. The van der Waals surface area contributed by atoms with Crippen LogP contribution in [-0.2, 0) is 14.1 Å². The molecule has 0 unspecified atom stereocenters. The Balaban J connectivity index is 2.62. The van der Waals surface area contributed by atoms with Crippen molar-refractivity contribution in [2.75, 3.05) is 0 Å². The Morgan fingerprint density at radius 3 is 2.00 bits per heavy atom. The second kappa shape index (κ2) is 6.47. The van der Waals surface area contributed by atoms with Crippen LogP contribution in [0.25, 0.3) is 0 Å². The van der Waals surface area contributed by atoms with Crippen molar-refractivity contribution in [2.45, 2.75) is 0 Å². The van der Waals surface area contributed by atoms with Gasteiger partial charge in [0.15, 0.2) is 0 Å². The molecule has 0 saturated carbocycles. The van der Waals surface area contributed by atoms with Crippen LogP contribution in [0.5, 0.6) is 5.88 Å². The Hall–Kier alpha value is -1.26. The van der Waals surface area contributed by atoms with Gasteiger partial charge in [-0.15, -0.1) is 10.2 Å². The van der Waals surface area contributed by atoms with Gasteiger partial charge in [-0.05, 0) is 44.0 Å². The Bertz CT molecular complexity index is 879. The van der Waals surface area contributed by atoms with Gasteiger partial charge in [-0.2, -0.15) is 0 Å². The first kappa shape index (κ1) is 17.1. The minimum absolute atomic E-state index is 0.314. The summed E-state index contributed by atoms with van der Waals surface area (Å²) in [6, 6.07) is 3.52. The molecule has 1 N–H and O–H groups in total. The molecule has 0 atom stereocenters. The standard InChI is InChI=1S/C12H9Br3N4O3/c1-18-10(20)9(11(21)19(2)12(18)22)17-16-8-6(14)3-5(13)4-7(8)15/h3-4,20H,1-2H3. The highest BCUT2D eigenvalue weighted by molar-refractivity contribution is 9.11. The van der Waals surface area contributed by atoms with Crippen LogP contribution in [0.3, 0.4) is 0 Å². The van der Waals surface area contributed by atoms with E-state index >= 15 is 0 Å². The van der Waals surface area contributed by atoms with Crippen LogP contribution in [0.1, 0.15) is 0 Å². The Morgan fingerprint density at radius 1 is 0.955 bits per heavy atom. The molecule has 0 aliphatic carbocycles. The summed E-state index contributed by atoms with van der Waals surface area (Å²) in [5.74, 6) is -0.541.